The second-order valence-corrected chi connectivity index (χ2v) is 9.94. The van der Waals surface area contributed by atoms with E-state index in [4.69, 9.17) is 15.2 Å². The van der Waals surface area contributed by atoms with Crippen LogP contribution in [0.2, 0.25) is 0 Å². The van der Waals surface area contributed by atoms with Crippen molar-refractivity contribution in [3.8, 4) is 5.75 Å². The quantitative estimate of drug-likeness (QED) is 0.291. The van der Waals surface area contributed by atoms with Gasteiger partial charge in [0.25, 0.3) is 5.91 Å². The number of aliphatic imine (C=N–C) groups is 1. The highest BCUT2D eigenvalue weighted by molar-refractivity contribution is 5.96. The van der Waals surface area contributed by atoms with E-state index in [1.54, 1.807) is 0 Å². The summed E-state index contributed by atoms with van der Waals surface area (Å²) in [7, 11) is 0. The van der Waals surface area contributed by atoms with E-state index in [-0.39, 0.29) is 23.9 Å². The van der Waals surface area contributed by atoms with Gasteiger partial charge in [0.2, 0.25) is 0 Å². The summed E-state index contributed by atoms with van der Waals surface area (Å²) < 4.78 is 11.3. The molecule has 0 radical (unpaired) electrons. The lowest BCUT2D eigenvalue weighted by atomic mass is 9.92. The number of likely N-dealkylation sites (tertiary alicyclic amines) is 1. The van der Waals surface area contributed by atoms with Crippen LogP contribution in [0.5, 0.6) is 5.75 Å². The van der Waals surface area contributed by atoms with Gasteiger partial charge in [0.1, 0.15) is 11.6 Å². The zero-order valence-corrected chi connectivity index (χ0v) is 21.6. The van der Waals surface area contributed by atoms with Crippen molar-refractivity contribution in [3.05, 3.63) is 29.3 Å². The summed E-state index contributed by atoms with van der Waals surface area (Å²) in [5.41, 5.74) is 7.58. The van der Waals surface area contributed by atoms with Gasteiger partial charge in [-0.3, -0.25) is 4.79 Å². The Labute approximate surface area is 209 Å². The third-order valence-electron chi connectivity index (χ3n) is 7.07. The van der Waals surface area contributed by atoms with E-state index in [0.29, 0.717) is 37.1 Å². The molecule has 2 heterocycles. The van der Waals surface area contributed by atoms with E-state index < -0.39 is 0 Å². The number of amides is 3. The van der Waals surface area contributed by atoms with Gasteiger partial charge in [-0.1, -0.05) is 20.3 Å². The summed E-state index contributed by atoms with van der Waals surface area (Å²) in [5, 5.41) is 3.03. The lowest BCUT2D eigenvalue weighted by molar-refractivity contribution is 0.0929. The molecule has 194 valence electrons. The Morgan fingerprint density at radius 3 is 2.71 bits per heavy atom. The average Bonchev–Trinajstić information content (AvgIpc) is 3.35. The largest absolute Gasteiger partial charge is 0.494 e. The van der Waals surface area contributed by atoms with Crippen LogP contribution in [-0.4, -0.2) is 61.6 Å². The summed E-state index contributed by atoms with van der Waals surface area (Å²) in [6.45, 7) is 9.45. The molecule has 35 heavy (non-hydrogen) atoms. The fourth-order valence-corrected chi connectivity index (χ4v) is 4.74. The monoisotopic (exact) mass is 486 g/mol. The number of hydrogen-bond acceptors (Lipinski definition) is 4. The van der Waals surface area contributed by atoms with Crippen LogP contribution >= 0.6 is 0 Å². The van der Waals surface area contributed by atoms with Crippen molar-refractivity contribution in [1.82, 2.24) is 10.2 Å². The van der Waals surface area contributed by atoms with Gasteiger partial charge in [0.15, 0.2) is 0 Å². The number of hydrogen-bond donors (Lipinski definition) is 2. The first-order chi connectivity index (χ1) is 16.9. The van der Waals surface area contributed by atoms with Gasteiger partial charge in [0, 0.05) is 31.2 Å². The minimum Gasteiger partial charge on any atom is -0.494 e. The van der Waals surface area contributed by atoms with Crippen LogP contribution in [0, 0.1) is 18.8 Å². The Bertz CT molecular complexity index is 874. The van der Waals surface area contributed by atoms with Crippen molar-refractivity contribution in [1.29, 1.82) is 0 Å². The van der Waals surface area contributed by atoms with Gasteiger partial charge < -0.3 is 25.4 Å². The molecule has 8 nitrogen and oxygen atoms in total. The van der Waals surface area contributed by atoms with Crippen molar-refractivity contribution in [2.75, 3.05) is 32.9 Å². The SMILES string of the molecule is CCCC(C)C(N)=NC(=O)N1CCC(CCCOc2ccc(C(=O)NC3CCOC3)c(C)c2)CC1. The molecular weight excluding hydrogens is 444 g/mol. The molecule has 2 atom stereocenters. The lowest BCUT2D eigenvalue weighted by Crippen LogP contribution is -2.38. The van der Waals surface area contributed by atoms with Crippen LogP contribution in [0.3, 0.4) is 0 Å². The zero-order chi connectivity index (χ0) is 25.2. The maximum atomic E-state index is 12.5. The first-order valence-electron chi connectivity index (χ1n) is 13.1. The molecule has 3 rings (SSSR count). The van der Waals surface area contributed by atoms with Gasteiger partial charge in [-0.15, -0.1) is 0 Å². The number of urea groups is 1. The molecule has 0 aromatic heterocycles. The van der Waals surface area contributed by atoms with Crippen molar-refractivity contribution >= 4 is 17.8 Å². The number of carbonyl (C=O) groups excluding carboxylic acids is 2. The third kappa shape index (κ3) is 8.23. The molecule has 1 aromatic carbocycles. The number of aryl methyl sites for hydroxylation is 1. The number of rotatable bonds is 10. The molecule has 0 aliphatic carbocycles. The molecule has 3 amide bonds. The molecule has 1 aromatic rings. The van der Waals surface area contributed by atoms with Gasteiger partial charge in [-0.05, 0) is 75.1 Å². The smallest absolute Gasteiger partial charge is 0.345 e. The topological polar surface area (TPSA) is 106 Å². The minimum atomic E-state index is -0.198. The van der Waals surface area contributed by atoms with Crippen molar-refractivity contribution in [2.45, 2.75) is 71.8 Å². The third-order valence-corrected chi connectivity index (χ3v) is 7.07. The predicted octanol–water partition coefficient (Wildman–Crippen LogP) is 4.30. The molecule has 0 saturated carbocycles. The van der Waals surface area contributed by atoms with Gasteiger partial charge in [0.05, 0.1) is 19.3 Å². The van der Waals surface area contributed by atoms with Crippen molar-refractivity contribution in [2.24, 2.45) is 22.6 Å². The number of benzene rings is 1. The first kappa shape index (κ1) is 27.0. The molecule has 8 heteroatoms. The Morgan fingerprint density at radius 1 is 1.29 bits per heavy atom. The second kappa shape index (κ2) is 13.5. The maximum Gasteiger partial charge on any atom is 0.345 e. The van der Waals surface area contributed by atoms with E-state index >= 15 is 0 Å². The highest BCUT2D eigenvalue weighted by Crippen LogP contribution is 2.23. The van der Waals surface area contributed by atoms with Crippen LogP contribution in [-0.2, 0) is 4.74 Å². The predicted molar refractivity (Wildman–Crippen MR) is 138 cm³/mol. The number of ether oxygens (including phenoxy) is 2. The summed E-state index contributed by atoms with van der Waals surface area (Å²) in [6, 6.07) is 5.53. The van der Waals surface area contributed by atoms with Crippen LogP contribution in [0.1, 0.15) is 74.7 Å². The molecule has 2 unspecified atom stereocenters. The van der Waals surface area contributed by atoms with E-state index in [2.05, 4.69) is 17.2 Å². The Kier molecular flexibility index (Phi) is 10.4. The number of nitrogens with one attached hydrogen (secondary N) is 1. The van der Waals surface area contributed by atoms with E-state index in [1.807, 2.05) is 36.9 Å². The number of nitrogens with two attached hydrogens (primary N) is 1. The Morgan fingerprint density at radius 2 is 2.06 bits per heavy atom. The highest BCUT2D eigenvalue weighted by atomic mass is 16.5. The number of carbonyl (C=O) groups is 2. The molecular formula is C27H42N4O4. The van der Waals surface area contributed by atoms with Crippen LogP contribution in [0.25, 0.3) is 0 Å². The Balaban J connectivity index is 1.35. The fourth-order valence-electron chi connectivity index (χ4n) is 4.74. The van der Waals surface area contributed by atoms with Crippen LogP contribution in [0.15, 0.2) is 23.2 Å². The van der Waals surface area contributed by atoms with Crippen LogP contribution in [0.4, 0.5) is 4.79 Å². The number of piperidine rings is 1. The molecule has 2 aliphatic rings. The molecule has 3 N–H and O–H groups in total. The normalized spacial score (nSPS) is 20.0. The second-order valence-electron chi connectivity index (χ2n) is 9.94. The van der Waals surface area contributed by atoms with E-state index in [0.717, 1.165) is 69.3 Å². The number of amidine groups is 1. The molecule has 0 spiro atoms. The number of nitrogens with zero attached hydrogens (tertiary/aromatic N) is 2. The molecule has 2 saturated heterocycles. The fraction of sp³-hybridized carbons (Fsp3) is 0.667. The summed E-state index contributed by atoms with van der Waals surface area (Å²) in [6.07, 6.45) is 6.84. The lowest BCUT2D eigenvalue weighted by Gasteiger charge is -2.31. The first-order valence-corrected chi connectivity index (χ1v) is 13.1. The van der Waals surface area contributed by atoms with E-state index in [9.17, 15) is 9.59 Å². The van der Waals surface area contributed by atoms with Gasteiger partial charge >= 0.3 is 6.03 Å². The van der Waals surface area contributed by atoms with E-state index in [1.165, 1.54) is 0 Å². The Hall–Kier alpha value is -2.61. The average molecular weight is 487 g/mol. The summed E-state index contributed by atoms with van der Waals surface area (Å²) >= 11 is 0. The van der Waals surface area contributed by atoms with Crippen LogP contribution < -0.4 is 15.8 Å². The van der Waals surface area contributed by atoms with Gasteiger partial charge in [-0.25, -0.2) is 4.79 Å². The zero-order valence-electron chi connectivity index (χ0n) is 21.6. The summed E-state index contributed by atoms with van der Waals surface area (Å²) in [5.74, 6) is 1.92. The molecule has 0 bridgehead atoms. The van der Waals surface area contributed by atoms with Crippen molar-refractivity contribution < 1.29 is 19.1 Å². The maximum absolute atomic E-state index is 12.5. The highest BCUT2D eigenvalue weighted by Gasteiger charge is 2.23. The van der Waals surface area contributed by atoms with Crippen molar-refractivity contribution in [3.63, 3.8) is 0 Å². The summed E-state index contributed by atoms with van der Waals surface area (Å²) in [4.78, 5) is 30.9. The molecule has 2 fully saturated rings. The van der Waals surface area contributed by atoms with Gasteiger partial charge in [-0.2, -0.15) is 4.99 Å². The standard InChI is InChI=1S/C27H42N4O4/c1-4-6-19(2)25(28)30-27(33)31-13-10-21(11-14-31)7-5-15-35-23-8-9-24(20(3)17-23)26(32)29-22-12-16-34-18-22/h8-9,17,19,21-22H,4-7,10-16,18H2,1-3H3,(H,29,32)(H2,28,30,33). The minimum absolute atomic E-state index is 0.0572. The molecule has 2 aliphatic heterocycles.